The molecule has 1 atom stereocenters. The summed E-state index contributed by atoms with van der Waals surface area (Å²) in [6, 6.07) is 9.67. The third-order valence-corrected chi connectivity index (χ3v) is 5.60. The van der Waals surface area contributed by atoms with Gasteiger partial charge in [0.1, 0.15) is 11.9 Å². The summed E-state index contributed by atoms with van der Waals surface area (Å²) in [6.45, 7) is 4.37. The van der Waals surface area contributed by atoms with E-state index in [0.717, 1.165) is 12.3 Å². The number of hydrogen-bond acceptors (Lipinski definition) is 3. The van der Waals surface area contributed by atoms with Crippen molar-refractivity contribution in [1.82, 2.24) is 9.80 Å². The second kappa shape index (κ2) is 5.80. The monoisotopic (exact) mass is 328 g/mol. The number of ether oxygens (including phenoxy) is 1. The highest BCUT2D eigenvalue weighted by atomic mass is 16.5. The topological polar surface area (TPSA) is 49.9 Å². The summed E-state index contributed by atoms with van der Waals surface area (Å²) in [6.07, 6.45) is 3.12. The van der Waals surface area contributed by atoms with Gasteiger partial charge in [-0.05, 0) is 36.3 Å². The lowest BCUT2D eigenvalue weighted by molar-refractivity contribution is -0.144. The van der Waals surface area contributed by atoms with E-state index in [1.54, 1.807) is 9.80 Å². The molecule has 0 unspecified atom stereocenters. The summed E-state index contributed by atoms with van der Waals surface area (Å²) in [7, 11) is 0. The Bertz CT molecular complexity index is 637. The van der Waals surface area contributed by atoms with Gasteiger partial charge in [0.25, 0.3) is 0 Å². The first kappa shape index (κ1) is 15.5. The molecular formula is C19H24N2O3. The molecule has 0 N–H and O–H groups in total. The van der Waals surface area contributed by atoms with Gasteiger partial charge < -0.3 is 14.5 Å². The first-order chi connectivity index (χ1) is 11.5. The molecule has 2 aliphatic heterocycles. The van der Waals surface area contributed by atoms with Crippen molar-refractivity contribution >= 4 is 11.8 Å². The van der Waals surface area contributed by atoms with Crippen molar-refractivity contribution in [3.8, 4) is 5.75 Å². The predicted molar refractivity (Wildman–Crippen MR) is 89.5 cm³/mol. The summed E-state index contributed by atoms with van der Waals surface area (Å²) < 4.78 is 5.82. The highest BCUT2D eigenvalue weighted by molar-refractivity contribution is 5.87. The van der Waals surface area contributed by atoms with Crippen LogP contribution < -0.4 is 4.74 Å². The predicted octanol–water partition coefficient (Wildman–Crippen LogP) is 1.92. The first-order valence-corrected chi connectivity index (χ1v) is 8.81. The smallest absolute Gasteiger partial charge is 0.242 e. The van der Waals surface area contributed by atoms with Crippen LogP contribution in [0.5, 0.6) is 5.75 Å². The van der Waals surface area contributed by atoms with Gasteiger partial charge in [0.2, 0.25) is 11.8 Å². The van der Waals surface area contributed by atoms with Crippen LogP contribution in [0, 0.1) is 11.3 Å². The summed E-state index contributed by atoms with van der Waals surface area (Å²) in [5.74, 6) is 1.69. The number of para-hydroxylation sites is 1. The van der Waals surface area contributed by atoms with Crippen molar-refractivity contribution in [1.29, 1.82) is 0 Å². The maximum absolute atomic E-state index is 12.4. The van der Waals surface area contributed by atoms with Gasteiger partial charge in [-0.3, -0.25) is 9.59 Å². The molecular weight excluding hydrogens is 304 g/mol. The number of hydrogen-bond donors (Lipinski definition) is 0. The average Bonchev–Trinajstić information content (AvgIpc) is 3.32. The number of carbonyl (C=O) groups is 2. The van der Waals surface area contributed by atoms with Gasteiger partial charge in [0, 0.05) is 13.0 Å². The Morgan fingerprint density at radius 1 is 1.25 bits per heavy atom. The van der Waals surface area contributed by atoms with Crippen molar-refractivity contribution in [2.75, 3.05) is 26.2 Å². The molecule has 5 nitrogen and oxygen atoms in total. The summed E-state index contributed by atoms with van der Waals surface area (Å²) in [5.41, 5.74) is 0.0886. The van der Waals surface area contributed by atoms with Crippen LogP contribution in [0.15, 0.2) is 30.3 Å². The summed E-state index contributed by atoms with van der Waals surface area (Å²) >= 11 is 0. The van der Waals surface area contributed by atoms with Gasteiger partial charge >= 0.3 is 0 Å². The standard InChI is InChI=1S/C19H24N2O3/c1-19(14-7-8-14)9-17(22)21(13-19)12-18(23)20-10-16(11-20)24-15-5-3-2-4-6-15/h2-6,14,16H,7-13H2,1H3/t19-/m0/s1. The van der Waals surface area contributed by atoms with Gasteiger partial charge in [0.05, 0.1) is 19.6 Å². The number of carbonyl (C=O) groups excluding carboxylic acids is 2. The van der Waals surface area contributed by atoms with Crippen LogP contribution in [0.4, 0.5) is 0 Å². The van der Waals surface area contributed by atoms with E-state index >= 15 is 0 Å². The fourth-order valence-corrected chi connectivity index (χ4v) is 3.91. The molecule has 2 saturated heterocycles. The number of nitrogens with zero attached hydrogens (tertiary/aromatic N) is 2. The SMILES string of the molecule is C[C@]1(C2CC2)CC(=O)N(CC(=O)N2CC(Oc3ccccc3)C2)C1. The Kier molecular flexibility index (Phi) is 3.74. The maximum atomic E-state index is 12.4. The van der Waals surface area contributed by atoms with Crippen LogP contribution >= 0.6 is 0 Å². The lowest BCUT2D eigenvalue weighted by Gasteiger charge is -2.39. The van der Waals surface area contributed by atoms with Gasteiger partial charge in [0.15, 0.2) is 0 Å². The zero-order valence-corrected chi connectivity index (χ0v) is 14.1. The molecule has 1 aromatic rings. The minimum Gasteiger partial charge on any atom is -0.487 e. The van der Waals surface area contributed by atoms with E-state index in [-0.39, 0.29) is 29.9 Å². The van der Waals surface area contributed by atoms with E-state index < -0.39 is 0 Å². The van der Waals surface area contributed by atoms with Gasteiger partial charge in [-0.15, -0.1) is 0 Å². The van der Waals surface area contributed by atoms with Crippen LogP contribution in [-0.4, -0.2) is 53.9 Å². The van der Waals surface area contributed by atoms with Crippen LogP contribution in [0.2, 0.25) is 0 Å². The maximum Gasteiger partial charge on any atom is 0.242 e. The zero-order chi connectivity index (χ0) is 16.7. The van der Waals surface area contributed by atoms with Gasteiger partial charge in [-0.1, -0.05) is 25.1 Å². The van der Waals surface area contributed by atoms with Crippen LogP contribution in [0.25, 0.3) is 0 Å². The highest BCUT2D eigenvalue weighted by Gasteiger charge is 2.49. The molecule has 4 rings (SSSR count). The van der Waals surface area contributed by atoms with Gasteiger partial charge in [-0.2, -0.15) is 0 Å². The molecule has 0 radical (unpaired) electrons. The van der Waals surface area contributed by atoms with Crippen LogP contribution in [-0.2, 0) is 9.59 Å². The molecule has 24 heavy (non-hydrogen) atoms. The Morgan fingerprint density at radius 3 is 2.62 bits per heavy atom. The molecule has 128 valence electrons. The van der Waals surface area contributed by atoms with Crippen molar-refractivity contribution in [2.24, 2.45) is 11.3 Å². The van der Waals surface area contributed by atoms with E-state index in [0.29, 0.717) is 25.4 Å². The molecule has 1 saturated carbocycles. The molecule has 0 bridgehead atoms. The Balaban J connectivity index is 1.25. The Morgan fingerprint density at radius 2 is 1.96 bits per heavy atom. The molecule has 0 aromatic heterocycles. The van der Waals surface area contributed by atoms with E-state index in [9.17, 15) is 9.59 Å². The number of likely N-dealkylation sites (tertiary alicyclic amines) is 2. The fourth-order valence-electron chi connectivity index (χ4n) is 3.91. The lowest BCUT2D eigenvalue weighted by atomic mass is 9.84. The lowest BCUT2D eigenvalue weighted by Crippen LogP contribution is -2.58. The van der Waals surface area contributed by atoms with Crippen molar-refractivity contribution < 1.29 is 14.3 Å². The zero-order valence-electron chi connectivity index (χ0n) is 14.1. The van der Waals surface area contributed by atoms with Crippen molar-refractivity contribution in [3.63, 3.8) is 0 Å². The first-order valence-electron chi connectivity index (χ1n) is 8.81. The second-order valence-electron chi connectivity index (χ2n) is 7.71. The second-order valence-corrected chi connectivity index (χ2v) is 7.71. The molecule has 1 aliphatic carbocycles. The minimum absolute atomic E-state index is 0.0382. The molecule has 2 heterocycles. The molecule has 2 amide bonds. The minimum atomic E-state index is 0.0382. The van der Waals surface area contributed by atoms with Gasteiger partial charge in [-0.25, -0.2) is 0 Å². The number of amides is 2. The molecule has 5 heteroatoms. The molecule has 3 aliphatic rings. The molecule has 0 spiro atoms. The van der Waals surface area contributed by atoms with Crippen LogP contribution in [0.1, 0.15) is 26.2 Å². The fraction of sp³-hybridized carbons (Fsp3) is 0.579. The average molecular weight is 328 g/mol. The summed E-state index contributed by atoms with van der Waals surface area (Å²) in [4.78, 5) is 28.2. The van der Waals surface area contributed by atoms with E-state index in [1.807, 2.05) is 30.3 Å². The van der Waals surface area contributed by atoms with Crippen LogP contribution in [0.3, 0.4) is 0 Å². The van der Waals surface area contributed by atoms with E-state index in [4.69, 9.17) is 4.74 Å². The number of rotatable bonds is 5. The van der Waals surface area contributed by atoms with Crippen molar-refractivity contribution in [2.45, 2.75) is 32.3 Å². The Hall–Kier alpha value is -2.04. The van der Waals surface area contributed by atoms with E-state index in [1.165, 1.54) is 12.8 Å². The molecule has 3 fully saturated rings. The summed E-state index contributed by atoms with van der Waals surface area (Å²) in [5, 5.41) is 0. The molecule has 1 aromatic carbocycles. The largest absolute Gasteiger partial charge is 0.487 e. The van der Waals surface area contributed by atoms with Crippen molar-refractivity contribution in [3.05, 3.63) is 30.3 Å². The third-order valence-electron chi connectivity index (χ3n) is 5.60. The Labute approximate surface area is 142 Å². The number of benzene rings is 1. The third kappa shape index (κ3) is 2.99. The quantitative estimate of drug-likeness (QED) is 0.830. The normalized spacial score (nSPS) is 27.3. The van der Waals surface area contributed by atoms with E-state index in [2.05, 4.69) is 6.92 Å². The highest BCUT2D eigenvalue weighted by Crippen LogP contribution is 2.50.